The van der Waals surface area contributed by atoms with Crippen LogP contribution in [0.4, 0.5) is 0 Å². The summed E-state index contributed by atoms with van der Waals surface area (Å²) in [6.07, 6.45) is 9.60. The van der Waals surface area contributed by atoms with Crippen molar-refractivity contribution in [2.45, 2.75) is 64.4 Å². The molecule has 23 heavy (non-hydrogen) atoms. The Morgan fingerprint density at radius 2 is 1.91 bits per heavy atom. The van der Waals surface area contributed by atoms with Gasteiger partial charge in [-0.15, -0.1) is 0 Å². The molecule has 0 aromatic carbocycles. The summed E-state index contributed by atoms with van der Waals surface area (Å²) in [4.78, 5) is 11.9. The lowest BCUT2D eigenvalue weighted by Crippen LogP contribution is -2.62. The van der Waals surface area contributed by atoms with Gasteiger partial charge < -0.3 is 5.11 Å². The first-order chi connectivity index (χ1) is 10.8. The minimum Gasteiger partial charge on any atom is -0.389 e. The van der Waals surface area contributed by atoms with E-state index in [1.54, 1.807) is 0 Å². The van der Waals surface area contributed by atoms with Gasteiger partial charge in [0.25, 0.3) is 0 Å². The van der Waals surface area contributed by atoms with E-state index in [9.17, 15) is 15.2 Å². The fraction of sp³-hybridized carbons (Fsp3) is 0.700. The molecule has 5 atom stereocenters. The van der Waals surface area contributed by atoms with Gasteiger partial charge in [-0.2, -0.15) is 5.26 Å². The molecule has 0 spiro atoms. The van der Waals surface area contributed by atoms with Gasteiger partial charge in [0.05, 0.1) is 11.7 Å². The molecular weight excluding hydrogens is 286 g/mol. The Hall–Kier alpha value is -1.40. The Morgan fingerprint density at radius 1 is 1.17 bits per heavy atom. The minimum atomic E-state index is -0.722. The first kappa shape index (κ1) is 15.1. The van der Waals surface area contributed by atoms with Gasteiger partial charge in [0.2, 0.25) is 0 Å². The molecule has 0 heterocycles. The van der Waals surface area contributed by atoms with Crippen molar-refractivity contribution in [2.24, 2.45) is 22.7 Å². The molecule has 122 valence electrons. The van der Waals surface area contributed by atoms with Gasteiger partial charge in [0.1, 0.15) is 5.78 Å². The normalized spacial score (nSPS) is 48.5. The van der Waals surface area contributed by atoms with Crippen LogP contribution in [0.1, 0.15) is 58.8 Å². The number of rotatable bonds is 0. The molecule has 0 bridgehead atoms. The highest BCUT2D eigenvalue weighted by atomic mass is 16.3. The topological polar surface area (TPSA) is 61.1 Å². The number of fused-ring (bicyclic) bond motifs is 5. The molecule has 4 rings (SSSR count). The van der Waals surface area contributed by atoms with Gasteiger partial charge >= 0.3 is 0 Å². The summed E-state index contributed by atoms with van der Waals surface area (Å²) >= 11 is 0. The van der Waals surface area contributed by atoms with Crippen molar-refractivity contribution in [2.75, 3.05) is 0 Å². The van der Waals surface area contributed by atoms with Crippen molar-refractivity contribution in [3.63, 3.8) is 0 Å². The lowest BCUT2D eigenvalue weighted by molar-refractivity contribution is -0.177. The molecule has 3 heteroatoms. The number of nitriles is 1. The Bertz CT molecular complexity index is 684. The predicted molar refractivity (Wildman–Crippen MR) is 87.2 cm³/mol. The molecule has 0 aliphatic heterocycles. The van der Waals surface area contributed by atoms with Crippen LogP contribution >= 0.6 is 0 Å². The second-order valence-electron chi connectivity index (χ2n) is 8.53. The van der Waals surface area contributed by atoms with E-state index in [-0.39, 0.29) is 16.7 Å². The Labute approximate surface area is 138 Å². The minimum absolute atomic E-state index is 0.0716. The summed E-state index contributed by atoms with van der Waals surface area (Å²) in [6, 6.07) is 2.40. The average molecular weight is 311 g/mol. The van der Waals surface area contributed by atoms with Crippen LogP contribution in [0.2, 0.25) is 0 Å². The second-order valence-corrected chi connectivity index (χ2v) is 8.53. The molecule has 3 nitrogen and oxygen atoms in total. The maximum Gasteiger partial charge on any atom is 0.136 e. The van der Waals surface area contributed by atoms with Crippen LogP contribution in [0.3, 0.4) is 0 Å². The summed E-state index contributed by atoms with van der Waals surface area (Å²) < 4.78 is 0. The molecule has 0 aromatic rings. The van der Waals surface area contributed by atoms with Crippen molar-refractivity contribution in [3.8, 4) is 6.07 Å². The van der Waals surface area contributed by atoms with Crippen LogP contribution in [0.5, 0.6) is 0 Å². The van der Waals surface area contributed by atoms with Crippen LogP contribution in [0.25, 0.3) is 0 Å². The highest BCUT2D eigenvalue weighted by Gasteiger charge is 2.64. The lowest BCUT2D eigenvalue weighted by atomic mass is 9.45. The fourth-order valence-corrected chi connectivity index (χ4v) is 6.16. The molecule has 0 amide bonds. The number of ketones is 1. The van der Waals surface area contributed by atoms with Crippen LogP contribution in [0.15, 0.2) is 23.3 Å². The summed E-state index contributed by atoms with van der Waals surface area (Å²) in [5.74, 6) is 0.860. The molecular formula is C20H25NO2. The Kier molecular flexibility index (Phi) is 3.01. The summed E-state index contributed by atoms with van der Waals surface area (Å²) in [5.41, 5.74) is 1.03. The van der Waals surface area contributed by atoms with Crippen LogP contribution < -0.4 is 0 Å². The van der Waals surface area contributed by atoms with Crippen LogP contribution in [0, 0.1) is 34.0 Å². The third-order valence-corrected chi connectivity index (χ3v) is 7.83. The number of nitrogens with zero attached hydrogens (tertiary/aromatic N) is 1. The van der Waals surface area contributed by atoms with E-state index in [0.717, 1.165) is 37.7 Å². The molecule has 4 aliphatic rings. The lowest BCUT2D eigenvalue weighted by Gasteiger charge is -2.61. The first-order valence-electron chi connectivity index (χ1n) is 8.89. The predicted octanol–water partition coefficient (Wildman–Crippen LogP) is 3.69. The Morgan fingerprint density at radius 3 is 2.65 bits per heavy atom. The highest BCUT2D eigenvalue weighted by molar-refractivity contribution is 5.83. The second kappa shape index (κ2) is 4.57. The zero-order valence-corrected chi connectivity index (χ0v) is 14.1. The van der Waals surface area contributed by atoms with Crippen LogP contribution in [-0.4, -0.2) is 16.5 Å². The summed E-state index contributed by atoms with van der Waals surface area (Å²) in [5, 5.41) is 21.3. The van der Waals surface area contributed by atoms with Crippen LogP contribution in [-0.2, 0) is 4.79 Å². The molecule has 0 unspecified atom stereocenters. The van der Waals surface area contributed by atoms with Gasteiger partial charge in [0.15, 0.2) is 0 Å². The number of Topliss-reactive ketones (excluding diaryl/α,β-unsaturated/α-hetero) is 1. The van der Waals surface area contributed by atoms with Gasteiger partial charge in [-0.1, -0.05) is 31.6 Å². The standard InChI is InChI=1S/C20H25NO2/c1-18-9-10-20(23)17(16(18)5-4-14(18)12-21)6-3-13-11-15(22)7-8-19(13,20)2/h3-4,16-17,23H,5-11H2,1-2H3/t16-,17+,18+,19+,20-/m1/s1. The van der Waals surface area contributed by atoms with E-state index in [2.05, 4.69) is 32.1 Å². The molecule has 2 fully saturated rings. The highest BCUT2D eigenvalue weighted by Crippen LogP contribution is 2.66. The van der Waals surface area contributed by atoms with Gasteiger partial charge in [-0.25, -0.2) is 0 Å². The van der Waals surface area contributed by atoms with Gasteiger partial charge in [-0.3, -0.25) is 4.79 Å². The van der Waals surface area contributed by atoms with Gasteiger partial charge in [0, 0.05) is 29.2 Å². The van der Waals surface area contributed by atoms with Crippen molar-refractivity contribution in [3.05, 3.63) is 23.3 Å². The number of carbonyl (C=O) groups excluding carboxylic acids is 1. The maximum absolute atomic E-state index is 11.9. The maximum atomic E-state index is 11.9. The third kappa shape index (κ3) is 1.71. The van der Waals surface area contributed by atoms with E-state index < -0.39 is 5.60 Å². The molecule has 4 aliphatic carbocycles. The van der Waals surface area contributed by atoms with Crippen molar-refractivity contribution in [1.82, 2.24) is 0 Å². The smallest absolute Gasteiger partial charge is 0.136 e. The van der Waals surface area contributed by atoms with Gasteiger partial charge in [-0.05, 0) is 43.9 Å². The van der Waals surface area contributed by atoms with Crippen molar-refractivity contribution >= 4 is 5.78 Å². The molecule has 2 saturated carbocycles. The fourth-order valence-electron chi connectivity index (χ4n) is 6.16. The number of hydrogen-bond donors (Lipinski definition) is 1. The van der Waals surface area contributed by atoms with E-state index in [4.69, 9.17) is 0 Å². The first-order valence-corrected chi connectivity index (χ1v) is 8.89. The molecule has 0 radical (unpaired) electrons. The van der Waals surface area contributed by atoms with E-state index in [1.165, 1.54) is 5.57 Å². The molecule has 0 saturated heterocycles. The molecule has 0 aromatic heterocycles. The largest absolute Gasteiger partial charge is 0.389 e. The van der Waals surface area contributed by atoms with E-state index >= 15 is 0 Å². The third-order valence-electron chi connectivity index (χ3n) is 7.83. The zero-order chi connectivity index (χ0) is 16.5. The average Bonchev–Trinajstić information content (AvgIpc) is 2.86. The van der Waals surface area contributed by atoms with E-state index in [1.807, 2.05) is 0 Å². The number of aliphatic hydroxyl groups is 1. The SMILES string of the molecule is C[C@@]12CC[C@@]3(O)[C@@H](CC=C4CC(=O)CC[C@@]43C)[C@H]1CC=C2C#N. The number of hydrogen-bond acceptors (Lipinski definition) is 3. The van der Waals surface area contributed by atoms with E-state index in [0.29, 0.717) is 24.5 Å². The monoisotopic (exact) mass is 311 g/mol. The summed E-state index contributed by atoms with van der Waals surface area (Å²) in [6.45, 7) is 4.39. The number of carbonyl (C=O) groups is 1. The number of allylic oxidation sites excluding steroid dienone is 3. The quantitative estimate of drug-likeness (QED) is 0.694. The zero-order valence-electron chi connectivity index (χ0n) is 14.1. The summed E-state index contributed by atoms with van der Waals surface area (Å²) in [7, 11) is 0. The van der Waals surface area contributed by atoms with Crippen molar-refractivity contribution < 1.29 is 9.90 Å². The Balaban J connectivity index is 1.76. The van der Waals surface area contributed by atoms with Crippen molar-refractivity contribution in [1.29, 1.82) is 5.26 Å². The molecule has 1 N–H and O–H groups in total.